The lowest BCUT2D eigenvalue weighted by Crippen LogP contribution is -2.38. The second-order valence-corrected chi connectivity index (χ2v) is 7.61. The topological polar surface area (TPSA) is 80.3 Å². The summed E-state index contributed by atoms with van der Waals surface area (Å²) in [4.78, 5) is 16.6. The molecule has 3 heterocycles. The van der Waals surface area contributed by atoms with Gasteiger partial charge in [0.25, 0.3) is 5.91 Å². The van der Waals surface area contributed by atoms with Crippen molar-refractivity contribution in [2.45, 2.75) is 45.1 Å². The highest BCUT2D eigenvalue weighted by molar-refractivity contribution is 5.92. The molecule has 0 bridgehead atoms. The van der Waals surface area contributed by atoms with Crippen LogP contribution in [0.2, 0.25) is 0 Å². The Morgan fingerprint density at radius 2 is 2.00 bits per heavy atom. The number of rotatable bonds is 5. The molecule has 142 valence electrons. The predicted octanol–water partition coefficient (Wildman–Crippen LogP) is 2.01. The minimum atomic E-state index is -0.0506. The zero-order chi connectivity index (χ0) is 18.8. The molecule has 8 heteroatoms. The minimum Gasteiger partial charge on any atom is -0.360 e. The van der Waals surface area contributed by atoms with Gasteiger partial charge in [-0.25, -0.2) is 0 Å². The molecular formula is C18H28N6O2. The van der Waals surface area contributed by atoms with Gasteiger partial charge in [-0.3, -0.25) is 4.79 Å². The molecule has 3 rings (SSSR count). The van der Waals surface area contributed by atoms with E-state index in [1.807, 2.05) is 39.9 Å². The number of nitrogens with zero attached hydrogens (tertiary/aromatic N) is 6. The Morgan fingerprint density at radius 1 is 1.31 bits per heavy atom. The van der Waals surface area contributed by atoms with Gasteiger partial charge in [-0.15, -0.1) is 10.2 Å². The molecule has 26 heavy (non-hydrogen) atoms. The average Bonchev–Trinajstić information content (AvgIpc) is 3.22. The first-order valence-corrected chi connectivity index (χ1v) is 9.15. The van der Waals surface area contributed by atoms with Gasteiger partial charge in [-0.2, -0.15) is 0 Å². The Bertz CT molecular complexity index is 756. The fourth-order valence-electron chi connectivity index (χ4n) is 3.32. The van der Waals surface area contributed by atoms with Crippen LogP contribution in [0.3, 0.4) is 0 Å². The third-order valence-electron chi connectivity index (χ3n) is 4.92. The Morgan fingerprint density at radius 3 is 2.58 bits per heavy atom. The summed E-state index contributed by atoms with van der Waals surface area (Å²) in [7, 11) is 6.06. The van der Waals surface area contributed by atoms with Crippen molar-refractivity contribution < 1.29 is 9.32 Å². The van der Waals surface area contributed by atoms with Gasteiger partial charge in [0.05, 0.1) is 6.54 Å². The maximum absolute atomic E-state index is 12.6. The van der Waals surface area contributed by atoms with E-state index in [0.717, 1.165) is 36.8 Å². The SMILES string of the molecule is CC(C)c1cc(C(=O)N2CCC(c3nnc(CN(C)C)n3C)CC2)no1. The molecule has 0 aliphatic carbocycles. The summed E-state index contributed by atoms with van der Waals surface area (Å²) in [5, 5.41) is 12.7. The van der Waals surface area contributed by atoms with E-state index in [4.69, 9.17) is 4.52 Å². The van der Waals surface area contributed by atoms with E-state index < -0.39 is 0 Å². The van der Waals surface area contributed by atoms with E-state index in [-0.39, 0.29) is 11.8 Å². The summed E-state index contributed by atoms with van der Waals surface area (Å²) >= 11 is 0. The van der Waals surface area contributed by atoms with Gasteiger partial charge in [0, 0.05) is 38.0 Å². The first-order chi connectivity index (χ1) is 12.4. The Kier molecular flexibility index (Phi) is 5.41. The zero-order valence-corrected chi connectivity index (χ0v) is 16.3. The average molecular weight is 360 g/mol. The monoisotopic (exact) mass is 360 g/mol. The third kappa shape index (κ3) is 3.80. The molecule has 0 N–H and O–H groups in total. The van der Waals surface area contributed by atoms with Gasteiger partial charge in [-0.1, -0.05) is 19.0 Å². The van der Waals surface area contributed by atoms with Crippen LogP contribution in [0.25, 0.3) is 0 Å². The Hall–Kier alpha value is -2.22. The van der Waals surface area contributed by atoms with Gasteiger partial charge in [0.1, 0.15) is 17.4 Å². The normalized spacial score (nSPS) is 16.0. The quantitative estimate of drug-likeness (QED) is 0.811. The third-order valence-corrected chi connectivity index (χ3v) is 4.92. The summed E-state index contributed by atoms with van der Waals surface area (Å²) < 4.78 is 7.35. The molecule has 1 aliphatic heterocycles. The Labute approximate surface area is 154 Å². The number of hydrogen-bond donors (Lipinski definition) is 0. The summed E-state index contributed by atoms with van der Waals surface area (Å²) in [6.45, 7) is 6.20. The van der Waals surface area contributed by atoms with Crippen LogP contribution in [-0.2, 0) is 13.6 Å². The maximum atomic E-state index is 12.6. The van der Waals surface area contributed by atoms with Crippen LogP contribution in [0.5, 0.6) is 0 Å². The van der Waals surface area contributed by atoms with Crippen LogP contribution in [-0.4, -0.2) is 62.8 Å². The fraction of sp³-hybridized carbons (Fsp3) is 0.667. The number of carbonyl (C=O) groups is 1. The first kappa shape index (κ1) is 18.6. The zero-order valence-electron chi connectivity index (χ0n) is 16.3. The van der Waals surface area contributed by atoms with Crippen molar-refractivity contribution >= 4 is 5.91 Å². The van der Waals surface area contributed by atoms with Gasteiger partial charge >= 0.3 is 0 Å². The number of aromatic nitrogens is 4. The lowest BCUT2D eigenvalue weighted by Gasteiger charge is -2.31. The molecule has 1 amide bonds. The van der Waals surface area contributed by atoms with Crippen LogP contribution in [0.15, 0.2) is 10.6 Å². The number of amides is 1. The summed E-state index contributed by atoms with van der Waals surface area (Å²) in [6, 6.07) is 1.76. The van der Waals surface area contributed by atoms with Crippen LogP contribution in [0, 0.1) is 0 Å². The molecule has 1 saturated heterocycles. The fourth-order valence-corrected chi connectivity index (χ4v) is 3.32. The van der Waals surface area contributed by atoms with Crippen molar-refractivity contribution in [1.82, 2.24) is 29.7 Å². The van der Waals surface area contributed by atoms with Crippen molar-refractivity contribution in [2.75, 3.05) is 27.2 Å². The molecular weight excluding hydrogens is 332 g/mol. The van der Waals surface area contributed by atoms with E-state index in [1.165, 1.54) is 0 Å². The van der Waals surface area contributed by atoms with E-state index in [9.17, 15) is 4.79 Å². The molecule has 1 fully saturated rings. The highest BCUT2D eigenvalue weighted by Gasteiger charge is 2.29. The molecule has 0 saturated carbocycles. The number of hydrogen-bond acceptors (Lipinski definition) is 6. The molecule has 8 nitrogen and oxygen atoms in total. The number of carbonyl (C=O) groups excluding carboxylic acids is 1. The summed E-state index contributed by atoms with van der Waals surface area (Å²) in [6.07, 6.45) is 1.77. The van der Waals surface area contributed by atoms with Crippen LogP contribution >= 0.6 is 0 Å². The maximum Gasteiger partial charge on any atom is 0.276 e. The highest BCUT2D eigenvalue weighted by Crippen LogP contribution is 2.28. The van der Waals surface area contributed by atoms with Crippen molar-refractivity contribution in [3.8, 4) is 0 Å². The first-order valence-electron chi connectivity index (χ1n) is 9.15. The highest BCUT2D eigenvalue weighted by atomic mass is 16.5. The second-order valence-electron chi connectivity index (χ2n) is 7.61. The predicted molar refractivity (Wildman–Crippen MR) is 96.9 cm³/mol. The standard InChI is InChI=1S/C18H28N6O2/c1-12(2)15-10-14(21-26-15)18(25)24-8-6-13(7-9-24)17-20-19-16(23(17)5)11-22(3)4/h10,12-13H,6-9,11H2,1-5H3. The van der Waals surface area contributed by atoms with Crippen molar-refractivity contribution in [2.24, 2.45) is 7.05 Å². The Balaban J connectivity index is 1.62. The molecule has 1 aliphatic rings. The van der Waals surface area contributed by atoms with E-state index in [0.29, 0.717) is 24.7 Å². The molecule has 0 aromatic carbocycles. The van der Waals surface area contributed by atoms with Crippen LogP contribution in [0.1, 0.15) is 66.4 Å². The van der Waals surface area contributed by atoms with Gasteiger partial charge in [-0.05, 0) is 26.9 Å². The molecule has 0 atom stereocenters. The van der Waals surface area contributed by atoms with Crippen molar-refractivity contribution in [3.05, 3.63) is 29.2 Å². The molecule has 2 aromatic heterocycles. The molecule has 0 radical (unpaired) electrons. The van der Waals surface area contributed by atoms with Gasteiger partial charge in [0.2, 0.25) is 0 Å². The van der Waals surface area contributed by atoms with Crippen LogP contribution < -0.4 is 0 Å². The largest absolute Gasteiger partial charge is 0.360 e. The van der Waals surface area contributed by atoms with Crippen molar-refractivity contribution in [3.63, 3.8) is 0 Å². The smallest absolute Gasteiger partial charge is 0.276 e. The van der Waals surface area contributed by atoms with Crippen molar-refractivity contribution in [1.29, 1.82) is 0 Å². The molecule has 0 unspecified atom stereocenters. The summed E-state index contributed by atoms with van der Waals surface area (Å²) in [5.74, 6) is 3.23. The lowest BCUT2D eigenvalue weighted by atomic mass is 9.95. The van der Waals surface area contributed by atoms with E-state index in [2.05, 4.69) is 24.8 Å². The van der Waals surface area contributed by atoms with Gasteiger partial charge < -0.3 is 18.9 Å². The number of likely N-dealkylation sites (tertiary alicyclic amines) is 1. The van der Waals surface area contributed by atoms with E-state index in [1.54, 1.807) is 6.07 Å². The molecule has 0 spiro atoms. The van der Waals surface area contributed by atoms with Gasteiger partial charge in [0.15, 0.2) is 5.69 Å². The molecule has 2 aromatic rings. The minimum absolute atomic E-state index is 0.0506. The van der Waals surface area contributed by atoms with E-state index >= 15 is 0 Å². The summed E-state index contributed by atoms with van der Waals surface area (Å²) in [5.41, 5.74) is 0.402. The second kappa shape index (κ2) is 7.57. The lowest BCUT2D eigenvalue weighted by molar-refractivity contribution is 0.0699. The van der Waals surface area contributed by atoms with Crippen LogP contribution in [0.4, 0.5) is 0 Å². The number of piperidine rings is 1.